The number of hydrogen-bond donors (Lipinski definition) is 2. The number of nitrogens with one attached hydrogen (secondary N) is 1. The van der Waals surface area contributed by atoms with E-state index in [1.165, 1.54) is 5.56 Å². The Kier molecular flexibility index (Phi) is 11.5. The molecule has 0 radical (unpaired) electrons. The van der Waals surface area contributed by atoms with E-state index >= 15 is 0 Å². The third kappa shape index (κ3) is 8.05. The summed E-state index contributed by atoms with van der Waals surface area (Å²) in [6.07, 6.45) is 11.5. The summed E-state index contributed by atoms with van der Waals surface area (Å²) in [4.78, 5) is 21.1. The highest BCUT2D eigenvalue weighted by Gasteiger charge is 2.23. The van der Waals surface area contributed by atoms with Crippen LogP contribution in [0.5, 0.6) is 0 Å². The zero-order valence-electron chi connectivity index (χ0n) is 21.4. The van der Waals surface area contributed by atoms with Gasteiger partial charge in [-0.05, 0) is 30.9 Å². The number of ether oxygens (including phenoxy) is 1. The number of anilines is 1. The third-order valence-corrected chi connectivity index (χ3v) is 7.97. The molecule has 1 aromatic heterocycles. The molecule has 3 heterocycles. The molecule has 3 aliphatic rings. The molecule has 1 saturated heterocycles. The molecule has 0 bridgehead atoms. The van der Waals surface area contributed by atoms with Crippen molar-refractivity contribution in [2.45, 2.75) is 44.3 Å². The molecule has 194 valence electrons. The van der Waals surface area contributed by atoms with Crippen molar-refractivity contribution < 1.29 is 14.7 Å². The molecule has 1 aromatic rings. The molecule has 1 aliphatic carbocycles. The van der Waals surface area contributed by atoms with Gasteiger partial charge in [-0.1, -0.05) is 50.1 Å². The number of hydroxylamine groups is 1. The summed E-state index contributed by atoms with van der Waals surface area (Å²) in [5.74, 6) is 1.12. The fraction of sp³-hybridized carbons (Fsp3) is 0.615. The van der Waals surface area contributed by atoms with Gasteiger partial charge in [0.05, 0.1) is 6.61 Å². The maximum Gasteiger partial charge on any atom is 0.270 e. The van der Waals surface area contributed by atoms with E-state index in [9.17, 15) is 4.79 Å². The van der Waals surface area contributed by atoms with Gasteiger partial charge in [0.1, 0.15) is 5.82 Å². The highest BCUT2D eigenvalue weighted by molar-refractivity contribution is 7.97. The summed E-state index contributed by atoms with van der Waals surface area (Å²) in [7, 11) is 1.76. The number of carbonyl (C=O) groups excluding carboxylic acids is 1. The number of carbonyl (C=O) groups is 1. The van der Waals surface area contributed by atoms with Crippen LogP contribution in [0.4, 0.5) is 5.82 Å². The normalized spacial score (nSPS) is 23.3. The number of methoxy groups -OCH3 is 1. The zero-order valence-corrected chi connectivity index (χ0v) is 22.2. The average molecular weight is 504 g/mol. The van der Waals surface area contributed by atoms with Crippen LogP contribution in [0.15, 0.2) is 42.1 Å². The summed E-state index contributed by atoms with van der Waals surface area (Å²) < 4.78 is 7.49. The van der Waals surface area contributed by atoms with Crippen molar-refractivity contribution in [3.8, 4) is 0 Å². The molecule has 0 saturated carbocycles. The molecule has 8 nitrogen and oxygen atoms in total. The van der Waals surface area contributed by atoms with Gasteiger partial charge in [0, 0.05) is 75.9 Å². The first-order chi connectivity index (χ1) is 17.2. The summed E-state index contributed by atoms with van der Waals surface area (Å²) in [6.45, 7) is 11.5. The Morgan fingerprint density at radius 3 is 2.54 bits per heavy atom. The van der Waals surface area contributed by atoms with Crippen molar-refractivity contribution in [1.82, 2.24) is 19.7 Å². The molecule has 4 rings (SSSR count). The maximum atomic E-state index is 11.5. The van der Waals surface area contributed by atoms with E-state index < -0.39 is 0 Å². The molecule has 0 aromatic carbocycles. The largest absolute Gasteiger partial charge is 0.383 e. The lowest BCUT2D eigenvalue weighted by Gasteiger charge is -2.35. The van der Waals surface area contributed by atoms with E-state index in [1.807, 2.05) is 31.9 Å². The van der Waals surface area contributed by atoms with E-state index in [2.05, 4.69) is 44.6 Å². The number of nitrogens with zero attached hydrogens (tertiary/aromatic N) is 4. The van der Waals surface area contributed by atoms with Crippen LogP contribution in [0, 0.1) is 0 Å². The van der Waals surface area contributed by atoms with Gasteiger partial charge in [-0.2, -0.15) is 0 Å². The Bertz CT molecular complexity index is 840. The smallest absolute Gasteiger partial charge is 0.270 e. The van der Waals surface area contributed by atoms with Crippen molar-refractivity contribution in [3.05, 3.63) is 47.7 Å². The van der Waals surface area contributed by atoms with E-state index in [0.29, 0.717) is 23.2 Å². The number of hydrogen-bond acceptors (Lipinski definition) is 8. The van der Waals surface area contributed by atoms with Crippen LogP contribution >= 0.6 is 11.9 Å². The Balaban J connectivity index is 0.00000167. The number of piperazine rings is 1. The van der Waals surface area contributed by atoms with E-state index in [-0.39, 0.29) is 5.91 Å². The fourth-order valence-electron chi connectivity index (χ4n) is 4.60. The van der Waals surface area contributed by atoms with Gasteiger partial charge in [-0.25, -0.2) is 14.8 Å². The molecule has 35 heavy (non-hydrogen) atoms. The van der Waals surface area contributed by atoms with Crippen LogP contribution in [-0.4, -0.2) is 90.1 Å². The topological polar surface area (TPSA) is 81.2 Å². The second-order valence-electron chi connectivity index (χ2n) is 8.79. The molecule has 2 N–H and O–H groups in total. The van der Waals surface area contributed by atoms with Crippen LogP contribution in [0.25, 0.3) is 0 Å². The zero-order chi connectivity index (χ0) is 25.0. The Morgan fingerprint density at radius 1 is 1.17 bits per heavy atom. The standard InChI is InChI=1S/C24H35N5O3S.C2H6/c1-32-17-16-27-12-14-28(15-13-27)23-7-4-21(18-25-23)19-2-5-22(6-3-19)33-29-10-8-20(9-11-29)24(30)26-31;1-2/h2,4-5,7-8,18-19,22,31H,3,6,9-17H2,1H3,(H,26,30);1-2H3. The summed E-state index contributed by atoms with van der Waals surface area (Å²) in [5.41, 5.74) is 3.68. The monoisotopic (exact) mass is 503 g/mol. The van der Waals surface area contributed by atoms with Gasteiger partial charge in [-0.15, -0.1) is 0 Å². The van der Waals surface area contributed by atoms with Crippen molar-refractivity contribution in [2.24, 2.45) is 0 Å². The summed E-state index contributed by atoms with van der Waals surface area (Å²) >= 11 is 1.86. The van der Waals surface area contributed by atoms with Crippen LogP contribution in [-0.2, 0) is 9.53 Å². The first-order valence-corrected chi connectivity index (χ1v) is 13.7. The lowest BCUT2D eigenvalue weighted by molar-refractivity contribution is -0.125. The minimum atomic E-state index is -0.385. The Morgan fingerprint density at radius 2 is 1.97 bits per heavy atom. The second kappa shape index (κ2) is 14.6. The SMILES string of the molecule is CC.COCCN1CCN(c2ccc(C3C=CC(SN4CC=C(C(=O)NO)CC4)CC3)cn2)CC1. The molecular formula is C26H41N5O3S. The van der Waals surface area contributed by atoms with Gasteiger partial charge < -0.3 is 9.64 Å². The van der Waals surface area contributed by atoms with Gasteiger partial charge in [-0.3, -0.25) is 14.9 Å². The van der Waals surface area contributed by atoms with E-state index in [0.717, 1.165) is 71.1 Å². The molecular weight excluding hydrogens is 462 g/mol. The van der Waals surface area contributed by atoms with Crippen LogP contribution in [0.1, 0.15) is 44.6 Å². The van der Waals surface area contributed by atoms with Crippen LogP contribution in [0.3, 0.4) is 0 Å². The predicted octanol–water partition coefficient (Wildman–Crippen LogP) is 3.46. The van der Waals surface area contributed by atoms with E-state index in [1.54, 1.807) is 12.6 Å². The number of pyridine rings is 1. The lowest BCUT2D eigenvalue weighted by atomic mass is 9.90. The lowest BCUT2D eigenvalue weighted by Crippen LogP contribution is -2.47. The van der Waals surface area contributed by atoms with Gasteiger partial charge in [0.15, 0.2) is 0 Å². The first-order valence-electron chi connectivity index (χ1n) is 12.8. The van der Waals surface area contributed by atoms with Crippen molar-refractivity contribution >= 4 is 23.7 Å². The minimum Gasteiger partial charge on any atom is -0.383 e. The van der Waals surface area contributed by atoms with Crippen LogP contribution in [0.2, 0.25) is 0 Å². The second-order valence-corrected chi connectivity index (χ2v) is 10.1. The molecule has 2 atom stereocenters. The van der Waals surface area contributed by atoms with Gasteiger partial charge in [0.2, 0.25) is 0 Å². The third-order valence-electron chi connectivity index (χ3n) is 6.68. The highest BCUT2D eigenvalue weighted by Crippen LogP contribution is 2.34. The van der Waals surface area contributed by atoms with Crippen molar-refractivity contribution in [2.75, 3.05) is 64.4 Å². The molecule has 1 amide bonds. The number of rotatable bonds is 8. The summed E-state index contributed by atoms with van der Waals surface area (Å²) in [5, 5.41) is 9.23. The van der Waals surface area contributed by atoms with Crippen molar-refractivity contribution in [1.29, 1.82) is 0 Å². The Labute approximate surface area is 214 Å². The van der Waals surface area contributed by atoms with Gasteiger partial charge in [0.25, 0.3) is 5.91 Å². The minimum absolute atomic E-state index is 0.385. The van der Waals surface area contributed by atoms with Crippen molar-refractivity contribution in [3.63, 3.8) is 0 Å². The molecule has 2 aliphatic heterocycles. The van der Waals surface area contributed by atoms with E-state index in [4.69, 9.17) is 14.9 Å². The highest BCUT2D eigenvalue weighted by atomic mass is 32.2. The number of allylic oxidation sites excluding steroid dienone is 1. The maximum absolute atomic E-state index is 11.5. The Hall–Kier alpha value is -1.91. The quantitative estimate of drug-likeness (QED) is 0.242. The number of amides is 1. The molecule has 1 fully saturated rings. The predicted molar refractivity (Wildman–Crippen MR) is 143 cm³/mol. The summed E-state index contributed by atoms with van der Waals surface area (Å²) in [6, 6.07) is 4.42. The first kappa shape index (κ1) is 27.7. The molecule has 9 heteroatoms. The molecule has 2 unspecified atom stereocenters. The average Bonchev–Trinajstić information content (AvgIpc) is 2.94. The van der Waals surface area contributed by atoms with Gasteiger partial charge >= 0.3 is 0 Å². The van der Waals surface area contributed by atoms with Crippen LogP contribution < -0.4 is 10.4 Å². The molecule has 0 spiro atoms. The fourth-order valence-corrected chi connectivity index (χ4v) is 5.74. The number of aromatic nitrogens is 1.